The molecular weight excluding hydrogens is 262 g/mol. The van der Waals surface area contributed by atoms with Crippen LogP contribution in [0.5, 0.6) is 0 Å². The van der Waals surface area contributed by atoms with Gasteiger partial charge in [-0.15, -0.1) is 21.8 Å². The van der Waals surface area contributed by atoms with Gasteiger partial charge in [0.2, 0.25) is 0 Å². The smallest absolute Gasteiger partial charge is 0.410 e. The predicted molar refractivity (Wildman–Crippen MR) is 67.2 cm³/mol. The highest BCUT2D eigenvalue weighted by Gasteiger charge is 2.20. The molecular formula is C10H16ClN3O2S. The minimum Gasteiger partial charge on any atom is -0.444 e. The summed E-state index contributed by atoms with van der Waals surface area (Å²) >= 11 is 7.02. The van der Waals surface area contributed by atoms with Crippen molar-refractivity contribution >= 4 is 29.0 Å². The minimum absolute atomic E-state index is 0.341. The van der Waals surface area contributed by atoms with E-state index in [0.717, 1.165) is 10.0 Å². The first-order chi connectivity index (χ1) is 7.81. The van der Waals surface area contributed by atoms with Crippen molar-refractivity contribution in [3.8, 4) is 0 Å². The van der Waals surface area contributed by atoms with E-state index in [2.05, 4.69) is 10.2 Å². The van der Waals surface area contributed by atoms with Gasteiger partial charge in [-0.3, -0.25) is 0 Å². The maximum atomic E-state index is 11.7. The summed E-state index contributed by atoms with van der Waals surface area (Å²) in [7, 11) is 1.66. The van der Waals surface area contributed by atoms with Crippen LogP contribution < -0.4 is 0 Å². The molecule has 0 N–H and O–H groups in total. The molecule has 7 heteroatoms. The number of amides is 1. The Kier molecular flexibility index (Phi) is 4.70. The second kappa shape index (κ2) is 5.64. The van der Waals surface area contributed by atoms with Crippen molar-refractivity contribution in [1.82, 2.24) is 15.1 Å². The molecule has 1 amide bonds. The van der Waals surface area contributed by atoms with E-state index in [0.29, 0.717) is 12.4 Å². The molecule has 0 fully saturated rings. The summed E-state index contributed by atoms with van der Waals surface area (Å²) in [6.45, 7) is 5.86. The first-order valence-corrected chi connectivity index (χ1v) is 6.48. The van der Waals surface area contributed by atoms with E-state index in [-0.39, 0.29) is 6.09 Å². The average Bonchev–Trinajstić information content (AvgIpc) is 2.62. The summed E-state index contributed by atoms with van der Waals surface area (Å²) < 4.78 is 5.22. The number of nitrogens with zero attached hydrogens (tertiary/aromatic N) is 3. The van der Waals surface area contributed by atoms with E-state index in [1.807, 2.05) is 20.8 Å². The molecule has 0 radical (unpaired) electrons. The summed E-state index contributed by atoms with van der Waals surface area (Å²) in [5, 5.41) is 9.31. The number of alkyl halides is 1. The molecule has 17 heavy (non-hydrogen) atoms. The third kappa shape index (κ3) is 4.87. The maximum Gasteiger partial charge on any atom is 0.410 e. The third-order valence-electron chi connectivity index (χ3n) is 1.70. The number of halogens is 1. The Morgan fingerprint density at radius 1 is 1.41 bits per heavy atom. The van der Waals surface area contributed by atoms with Crippen molar-refractivity contribution in [3.63, 3.8) is 0 Å². The van der Waals surface area contributed by atoms with Gasteiger partial charge in [-0.2, -0.15) is 0 Å². The van der Waals surface area contributed by atoms with Gasteiger partial charge in [0, 0.05) is 7.05 Å². The van der Waals surface area contributed by atoms with Gasteiger partial charge in [0.1, 0.15) is 15.6 Å². The molecule has 5 nitrogen and oxygen atoms in total. The van der Waals surface area contributed by atoms with Gasteiger partial charge in [0.05, 0.1) is 12.4 Å². The monoisotopic (exact) mass is 277 g/mol. The number of rotatable bonds is 3. The van der Waals surface area contributed by atoms with E-state index >= 15 is 0 Å². The van der Waals surface area contributed by atoms with Crippen LogP contribution in [-0.4, -0.2) is 33.8 Å². The molecule has 0 saturated carbocycles. The predicted octanol–water partition coefficient (Wildman–Crippen LogP) is 2.64. The van der Waals surface area contributed by atoms with Crippen LogP contribution in [0.4, 0.5) is 4.79 Å². The molecule has 1 rings (SSSR count). The quantitative estimate of drug-likeness (QED) is 0.797. The van der Waals surface area contributed by atoms with Crippen LogP contribution >= 0.6 is 22.9 Å². The molecule has 0 saturated heterocycles. The molecule has 0 aliphatic carbocycles. The van der Waals surface area contributed by atoms with Crippen LogP contribution in [0.2, 0.25) is 0 Å². The molecule has 1 aromatic heterocycles. The largest absolute Gasteiger partial charge is 0.444 e. The average molecular weight is 278 g/mol. The van der Waals surface area contributed by atoms with Gasteiger partial charge in [-0.1, -0.05) is 11.3 Å². The van der Waals surface area contributed by atoms with Crippen molar-refractivity contribution in [2.45, 2.75) is 38.8 Å². The normalized spacial score (nSPS) is 11.4. The molecule has 0 aliphatic rings. The molecule has 0 unspecified atom stereocenters. The Bertz CT molecular complexity index is 389. The Morgan fingerprint density at radius 2 is 2.00 bits per heavy atom. The molecule has 1 aromatic rings. The number of hydrogen-bond donors (Lipinski definition) is 0. The van der Waals surface area contributed by atoms with Gasteiger partial charge in [0.25, 0.3) is 0 Å². The lowest BCUT2D eigenvalue weighted by Crippen LogP contribution is -2.33. The fourth-order valence-corrected chi connectivity index (χ4v) is 1.98. The fourth-order valence-electron chi connectivity index (χ4n) is 1.01. The summed E-state index contributed by atoms with van der Waals surface area (Å²) in [4.78, 5) is 13.1. The third-order valence-corrected chi connectivity index (χ3v) is 3.02. The van der Waals surface area contributed by atoms with E-state index in [1.54, 1.807) is 7.05 Å². The highest BCUT2D eigenvalue weighted by atomic mass is 35.5. The van der Waals surface area contributed by atoms with Crippen molar-refractivity contribution in [1.29, 1.82) is 0 Å². The van der Waals surface area contributed by atoms with Crippen LogP contribution in [0.15, 0.2) is 0 Å². The lowest BCUT2D eigenvalue weighted by atomic mass is 10.2. The second-order valence-electron chi connectivity index (χ2n) is 4.56. The maximum absolute atomic E-state index is 11.7. The summed E-state index contributed by atoms with van der Waals surface area (Å²) in [5.74, 6) is 0.341. The van der Waals surface area contributed by atoms with Gasteiger partial charge >= 0.3 is 6.09 Å². The van der Waals surface area contributed by atoms with Crippen molar-refractivity contribution in [3.05, 3.63) is 10.0 Å². The first-order valence-electron chi connectivity index (χ1n) is 5.13. The van der Waals surface area contributed by atoms with Gasteiger partial charge in [-0.05, 0) is 20.8 Å². The molecule has 0 bridgehead atoms. The highest BCUT2D eigenvalue weighted by molar-refractivity contribution is 7.11. The number of carbonyl (C=O) groups excluding carboxylic acids is 1. The minimum atomic E-state index is -0.492. The standard InChI is InChI=1S/C10H16ClN3O2S/c1-10(2,3)16-9(15)14(4)6-8-13-12-7(5-11)17-8/h5-6H2,1-4H3. The highest BCUT2D eigenvalue weighted by Crippen LogP contribution is 2.15. The number of ether oxygens (including phenoxy) is 1. The van der Waals surface area contributed by atoms with Crippen LogP contribution in [-0.2, 0) is 17.2 Å². The molecule has 0 aromatic carbocycles. The summed E-state index contributed by atoms with van der Waals surface area (Å²) in [5.41, 5.74) is -0.492. The number of hydrogen-bond acceptors (Lipinski definition) is 5. The second-order valence-corrected chi connectivity index (χ2v) is 5.97. The van der Waals surface area contributed by atoms with Crippen LogP contribution in [0.25, 0.3) is 0 Å². The van der Waals surface area contributed by atoms with Crippen LogP contribution in [0, 0.1) is 0 Å². The summed E-state index contributed by atoms with van der Waals surface area (Å²) in [6.07, 6.45) is -0.375. The first kappa shape index (κ1) is 14.2. The Hall–Kier alpha value is -0.880. The Morgan fingerprint density at radius 3 is 2.47 bits per heavy atom. The summed E-state index contributed by atoms with van der Waals surface area (Å²) in [6, 6.07) is 0. The topological polar surface area (TPSA) is 55.3 Å². The van der Waals surface area contributed by atoms with E-state index in [9.17, 15) is 4.79 Å². The van der Waals surface area contributed by atoms with Gasteiger partial charge in [0.15, 0.2) is 0 Å². The lowest BCUT2D eigenvalue weighted by Gasteiger charge is -2.23. The van der Waals surface area contributed by atoms with E-state index in [1.165, 1.54) is 16.2 Å². The fraction of sp³-hybridized carbons (Fsp3) is 0.700. The van der Waals surface area contributed by atoms with Gasteiger partial charge in [-0.25, -0.2) is 4.79 Å². The Balaban J connectivity index is 2.54. The van der Waals surface area contributed by atoms with E-state index in [4.69, 9.17) is 16.3 Å². The Labute approximate surface area is 110 Å². The molecule has 96 valence electrons. The van der Waals surface area contributed by atoms with Crippen molar-refractivity contribution < 1.29 is 9.53 Å². The van der Waals surface area contributed by atoms with Crippen molar-refractivity contribution in [2.24, 2.45) is 0 Å². The number of carbonyl (C=O) groups is 1. The molecule has 0 atom stereocenters. The molecule has 0 aliphatic heterocycles. The van der Waals surface area contributed by atoms with Gasteiger partial charge < -0.3 is 9.64 Å². The van der Waals surface area contributed by atoms with Crippen LogP contribution in [0.1, 0.15) is 30.8 Å². The van der Waals surface area contributed by atoms with Crippen molar-refractivity contribution in [2.75, 3.05) is 7.05 Å². The zero-order chi connectivity index (χ0) is 13.1. The zero-order valence-electron chi connectivity index (χ0n) is 10.4. The molecule has 0 spiro atoms. The number of aromatic nitrogens is 2. The lowest BCUT2D eigenvalue weighted by molar-refractivity contribution is 0.0285. The zero-order valence-corrected chi connectivity index (χ0v) is 11.9. The molecule has 1 heterocycles. The van der Waals surface area contributed by atoms with E-state index < -0.39 is 5.60 Å². The SMILES string of the molecule is CN(Cc1nnc(CCl)s1)C(=O)OC(C)(C)C. The van der Waals surface area contributed by atoms with Crippen LogP contribution in [0.3, 0.4) is 0 Å².